The summed E-state index contributed by atoms with van der Waals surface area (Å²) in [7, 11) is 0. The first-order valence-corrected chi connectivity index (χ1v) is 8.85. The normalized spacial score (nSPS) is 20.1. The number of nitrogens with zero attached hydrogens (tertiary/aromatic N) is 1. The number of nitrogens with one attached hydrogen (secondary N) is 1. The maximum Gasteiger partial charge on any atom is 0.325 e. The fraction of sp³-hybridized carbons (Fsp3) is 0.316. The molecule has 0 unspecified atom stereocenters. The van der Waals surface area contributed by atoms with Crippen LogP contribution < -0.4 is 5.32 Å². The Morgan fingerprint density at radius 3 is 2.36 bits per heavy atom. The molecule has 1 aromatic heterocycles. The van der Waals surface area contributed by atoms with Crippen molar-refractivity contribution < 1.29 is 14.4 Å². The number of amides is 3. The molecule has 0 saturated carbocycles. The Labute approximate surface area is 150 Å². The molecule has 6 heteroatoms. The van der Waals surface area contributed by atoms with Crippen LogP contribution in [0.25, 0.3) is 0 Å². The van der Waals surface area contributed by atoms with Crippen molar-refractivity contribution in [1.29, 1.82) is 0 Å². The number of Topliss-reactive ketones (excluding diaryl/α,β-unsaturated/α-hetero) is 1. The summed E-state index contributed by atoms with van der Waals surface area (Å²) < 4.78 is 0. The third kappa shape index (κ3) is 2.98. The van der Waals surface area contributed by atoms with Gasteiger partial charge in [0.2, 0.25) is 0 Å². The molecule has 1 aromatic carbocycles. The van der Waals surface area contributed by atoms with Gasteiger partial charge in [-0.15, -0.1) is 11.3 Å². The second kappa shape index (κ2) is 6.11. The Bertz CT molecular complexity index is 869. The van der Waals surface area contributed by atoms with Gasteiger partial charge in [-0.05, 0) is 39.3 Å². The highest BCUT2D eigenvalue weighted by molar-refractivity contribution is 7.12. The topological polar surface area (TPSA) is 66.5 Å². The van der Waals surface area contributed by atoms with E-state index < -0.39 is 17.5 Å². The molecule has 0 radical (unpaired) electrons. The summed E-state index contributed by atoms with van der Waals surface area (Å²) in [5.41, 5.74) is 1.20. The summed E-state index contributed by atoms with van der Waals surface area (Å²) >= 11 is 1.53. The number of ketones is 1. The quantitative estimate of drug-likeness (QED) is 0.675. The van der Waals surface area contributed by atoms with E-state index in [0.717, 1.165) is 20.2 Å². The minimum absolute atomic E-state index is 0.224. The van der Waals surface area contributed by atoms with Crippen LogP contribution in [0.4, 0.5) is 4.79 Å². The highest BCUT2D eigenvalue weighted by Gasteiger charge is 2.49. The van der Waals surface area contributed by atoms with Gasteiger partial charge in [-0.3, -0.25) is 14.5 Å². The molecule has 0 bridgehead atoms. The Balaban J connectivity index is 1.85. The van der Waals surface area contributed by atoms with Gasteiger partial charge in [-0.2, -0.15) is 0 Å². The second-order valence-corrected chi connectivity index (χ2v) is 8.02. The number of carbonyl (C=O) groups excluding carboxylic acids is 3. The van der Waals surface area contributed by atoms with Gasteiger partial charge in [0.25, 0.3) is 5.91 Å². The van der Waals surface area contributed by atoms with Gasteiger partial charge in [-0.1, -0.05) is 29.8 Å². The zero-order valence-corrected chi connectivity index (χ0v) is 15.5. The minimum atomic E-state index is -1.15. The molecule has 1 atom stereocenters. The molecule has 3 amide bonds. The van der Waals surface area contributed by atoms with E-state index in [0.29, 0.717) is 11.1 Å². The van der Waals surface area contributed by atoms with E-state index in [1.807, 2.05) is 45.0 Å². The summed E-state index contributed by atoms with van der Waals surface area (Å²) in [4.78, 5) is 40.7. The lowest BCUT2D eigenvalue weighted by Gasteiger charge is -2.22. The van der Waals surface area contributed by atoms with Crippen LogP contribution in [0.1, 0.15) is 38.2 Å². The Kier molecular flexibility index (Phi) is 4.24. The molecule has 2 heterocycles. The maximum atomic E-state index is 12.9. The van der Waals surface area contributed by atoms with Gasteiger partial charge >= 0.3 is 6.03 Å². The fourth-order valence-corrected chi connectivity index (χ4v) is 4.00. The molecule has 25 heavy (non-hydrogen) atoms. The number of imide groups is 1. The number of carbonyl (C=O) groups is 3. The molecule has 0 spiro atoms. The first-order chi connectivity index (χ1) is 11.7. The SMILES string of the molecule is Cc1ccc([C@@]2(C)NC(=O)N(CC(=O)c3cc(C)sc3C)C2=O)cc1. The largest absolute Gasteiger partial charge is 0.325 e. The predicted molar refractivity (Wildman–Crippen MR) is 96.9 cm³/mol. The molecular formula is C19H20N2O3S. The van der Waals surface area contributed by atoms with Crippen molar-refractivity contribution in [3.63, 3.8) is 0 Å². The third-order valence-electron chi connectivity index (χ3n) is 4.55. The van der Waals surface area contributed by atoms with Crippen molar-refractivity contribution in [2.45, 2.75) is 33.2 Å². The predicted octanol–water partition coefficient (Wildman–Crippen LogP) is 3.32. The average molecular weight is 356 g/mol. The first kappa shape index (κ1) is 17.4. The fourth-order valence-electron chi connectivity index (χ4n) is 3.06. The highest BCUT2D eigenvalue weighted by atomic mass is 32.1. The molecule has 1 N–H and O–H groups in total. The van der Waals surface area contributed by atoms with E-state index in [4.69, 9.17) is 0 Å². The molecule has 1 aliphatic heterocycles. The zero-order chi connectivity index (χ0) is 18.4. The van der Waals surface area contributed by atoms with Crippen LogP contribution in [-0.2, 0) is 10.3 Å². The van der Waals surface area contributed by atoms with Crippen molar-refractivity contribution in [3.05, 3.63) is 56.8 Å². The maximum absolute atomic E-state index is 12.9. The van der Waals surface area contributed by atoms with Crippen molar-refractivity contribution in [3.8, 4) is 0 Å². The van der Waals surface area contributed by atoms with E-state index in [1.165, 1.54) is 11.3 Å². The number of aryl methyl sites for hydroxylation is 3. The van der Waals surface area contributed by atoms with Crippen LogP contribution in [0, 0.1) is 20.8 Å². The first-order valence-electron chi connectivity index (χ1n) is 8.04. The summed E-state index contributed by atoms with van der Waals surface area (Å²) in [5.74, 6) is -0.627. The monoisotopic (exact) mass is 356 g/mol. The molecule has 0 aliphatic carbocycles. The second-order valence-electron chi connectivity index (χ2n) is 6.56. The molecule has 130 valence electrons. The van der Waals surface area contributed by atoms with Crippen LogP contribution in [-0.4, -0.2) is 29.2 Å². The number of thiophene rings is 1. The van der Waals surface area contributed by atoms with Crippen LogP contribution in [0.5, 0.6) is 0 Å². The van der Waals surface area contributed by atoms with Crippen molar-refractivity contribution in [2.24, 2.45) is 0 Å². The van der Waals surface area contributed by atoms with Crippen molar-refractivity contribution in [1.82, 2.24) is 10.2 Å². The number of urea groups is 1. The number of hydrogen-bond donors (Lipinski definition) is 1. The van der Waals surface area contributed by atoms with Gasteiger partial charge in [0.05, 0.1) is 6.54 Å². The Morgan fingerprint density at radius 1 is 1.16 bits per heavy atom. The van der Waals surface area contributed by atoms with Crippen LogP contribution in [0.15, 0.2) is 30.3 Å². The Hall–Kier alpha value is -2.47. The minimum Gasteiger partial charge on any atom is -0.319 e. The summed E-state index contributed by atoms with van der Waals surface area (Å²) in [6.07, 6.45) is 0. The number of rotatable bonds is 4. The van der Waals surface area contributed by atoms with Gasteiger partial charge in [-0.25, -0.2) is 4.79 Å². The molecule has 1 fully saturated rings. The summed E-state index contributed by atoms with van der Waals surface area (Å²) in [6, 6.07) is 8.71. The number of benzene rings is 1. The van der Waals surface area contributed by atoms with Crippen molar-refractivity contribution >= 4 is 29.1 Å². The lowest BCUT2D eigenvalue weighted by Crippen LogP contribution is -2.41. The van der Waals surface area contributed by atoms with Gasteiger partial charge in [0, 0.05) is 15.3 Å². The van der Waals surface area contributed by atoms with Gasteiger partial charge in [0.1, 0.15) is 5.54 Å². The highest BCUT2D eigenvalue weighted by Crippen LogP contribution is 2.29. The van der Waals surface area contributed by atoms with E-state index in [1.54, 1.807) is 13.0 Å². The summed E-state index contributed by atoms with van der Waals surface area (Å²) in [6.45, 7) is 7.17. The standard InChI is InChI=1S/C19H20N2O3S/c1-11-5-7-14(8-6-11)19(4)17(23)21(18(24)20-19)10-16(22)15-9-12(2)25-13(15)3/h5-9H,10H2,1-4H3,(H,20,24)/t19-/m1/s1. The smallest absolute Gasteiger partial charge is 0.319 e. The van der Waals surface area contributed by atoms with E-state index in [-0.39, 0.29) is 12.3 Å². The molecule has 1 saturated heterocycles. The average Bonchev–Trinajstić information content (AvgIpc) is 3.00. The van der Waals surface area contributed by atoms with Gasteiger partial charge in [0.15, 0.2) is 5.78 Å². The van der Waals surface area contributed by atoms with E-state index in [2.05, 4.69) is 5.32 Å². The van der Waals surface area contributed by atoms with E-state index >= 15 is 0 Å². The van der Waals surface area contributed by atoms with Crippen LogP contribution in [0.2, 0.25) is 0 Å². The zero-order valence-electron chi connectivity index (χ0n) is 14.7. The molecule has 1 aliphatic rings. The molecular weight excluding hydrogens is 336 g/mol. The lowest BCUT2D eigenvalue weighted by atomic mass is 9.91. The molecule has 5 nitrogen and oxygen atoms in total. The number of hydrogen-bond acceptors (Lipinski definition) is 4. The summed E-state index contributed by atoms with van der Waals surface area (Å²) in [5, 5.41) is 2.73. The third-order valence-corrected chi connectivity index (χ3v) is 5.51. The molecule has 3 rings (SSSR count). The van der Waals surface area contributed by atoms with Crippen LogP contribution >= 0.6 is 11.3 Å². The van der Waals surface area contributed by atoms with Crippen molar-refractivity contribution in [2.75, 3.05) is 6.54 Å². The lowest BCUT2D eigenvalue weighted by molar-refractivity contribution is -0.130. The Morgan fingerprint density at radius 2 is 1.80 bits per heavy atom. The van der Waals surface area contributed by atoms with E-state index in [9.17, 15) is 14.4 Å². The van der Waals surface area contributed by atoms with Crippen LogP contribution in [0.3, 0.4) is 0 Å². The molecule has 2 aromatic rings. The van der Waals surface area contributed by atoms with Gasteiger partial charge < -0.3 is 5.32 Å².